The fraction of sp³-hybridized carbons (Fsp3) is 0.550. The molecular weight excluding hydrogens is 331 g/mol. The third-order valence-electron chi connectivity index (χ3n) is 5.07. The number of likely N-dealkylation sites (tertiary alicyclic amines) is 1. The molecule has 1 saturated heterocycles. The van der Waals surface area contributed by atoms with Crippen LogP contribution >= 0.6 is 0 Å². The van der Waals surface area contributed by atoms with Crippen LogP contribution in [-0.2, 0) is 0 Å². The first-order valence-corrected chi connectivity index (χ1v) is 9.39. The largest absolute Gasteiger partial charge is 0.352 e. The van der Waals surface area contributed by atoms with Gasteiger partial charge in [0.15, 0.2) is 0 Å². The highest BCUT2D eigenvalue weighted by molar-refractivity contribution is 6.04. The third kappa shape index (κ3) is 4.36. The number of nitrogens with one attached hydrogen (secondary N) is 1. The van der Waals surface area contributed by atoms with E-state index in [-0.39, 0.29) is 11.5 Å². The van der Waals surface area contributed by atoms with Crippen LogP contribution in [0.1, 0.15) is 47.9 Å². The summed E-state index contributed by atoms with van der Waals surface area (Å²) in [5.41, 5.74) is 2.61. The number of fused-ring (bicyclic) bond motifs is 1. The van der Waals surface area contributed by atoms with Gasteiger partial charge >= 0.3 is 0 Å². The number of carbonyl (C=O) groups excluding carboxylic acids is 1. The zero-order valence-corrected chi connectivity index (χ0v) is 15.8. The molecule has 26 heavy (non-hydrogen) atoms. The average Bonchev–Trinajstić information content (AvgIpc) is 2.59. The Balaban J connectivity index is 1.63. The summed E-state index contributed by atoms with van der Waals surface area (Å²) in [5, 5.41) is 2.90. The highest BCUT2D eigenvalue weighted by atomic mass is 19.1. The maximum atomic E-state index is 13.9. The van der Waals surface area contributed by atoms with Gasteiger partial charge in [0.2, 0.25) is 0 Å². The summed E-state index contributed by atoms with van der Waals surface area (Å²) in [4.78, 5) is 23.8. The molecule has 0 aliphatic carbocycles. The zero-order valence-electron chi connectivity index (χ0n) is 15.8. The van der Waals surface area contributed by atoms with Crippen LogP contribution in [0.3, 0.4) is 0 Å². The van der Waals surface area contributed by atoms with E-state index < -0.39 is 5.82 Å². The summed E-state index contributed by atoms with van der Waals surface area (Å²) in [6.07, 6.45) is 3.44. The van der Waals surface area contributed by atoms with Gasteiger partial charge in [0.25, 0.3) is 5.91 Å². The number of rotatable bonds is 5. The molecule has 1 N–H and O–H groups in total. The lowest BCUT2D eigenvalue weighted by Crippen LogP contribution is -2.36. The minimum absolute atomic E-state index is 0.252. The molecule has 5 nitrogen and oxygen atoms in total. The third-order valence-corrected chi connectivity index (χ3v) is 5.07. The molecule has 140 valence electrons. The first-order valence-electron chi connectivity index (χ1n) is 9.39. The Morgan fingerprint density at radius 2 is 2.08 bits per heavy atom. The lowest BCUT2D eigenvalue weighted by molar-refractivity contribution is 0.0951. The van der Waals surface area contributed by atoms with Gasteiger partial charge in [0.05, 0.1) is 22.5 Å². The number of aromatic nitrogens is 2. The van der Waals surface area contributed by atoms with Crippen LogP contribution in [0.15, 0.2) is 12.1 Å². The quantitative estimate of drug-likeness (QED) is 0.834. The fourth-order valence-electron chi connectivity index (χ4n) is 3.56. The number of hydrogen-bond donors (Lipinski definition) is 1. The van der Waals surface area contributed by atoms with Crippen molar-refractivity contribution in [1.82, 2.24) is 20.2 Å². The van der Waals surface area contributed by atoms with Crippen molar-refractivity contribution in [2.24, 2.45) is 5.92 Å². The molecule has 0 radical (unpaired) electrons. The molecule has 6 heteroatoms. The van der Waals surface area contributed by atoms with Gasteiger partial charge in [0.1, 0.15) is 11.3 Å². The van der Waals surface area contributed by atoms with Crippen molar-refractivity contribution < 1.29 is 9.18 Å². The van der Waals surface area contributed by atoms with Crippen molar-refractivity contribution in [2.45, 2.75) is 40.0 Å². The van der Waals surface area contributed by atoms with Crippen LogP contribution in [0.4, 0.5) is 4.39 Å². The van der Waals surface area contributed by atoms with Crippen molar-refractivity contribution in [3.8, 4) is 0 Å². The number of hydrogen-bond acceptors (Lipinski definition) is 4. The molecule has 2 aromatic rings. The molecule has 0 bridgehead atoms. The van der Waals surface area contributed by atoms with Gasteiger partial charge in [-0.3, -0.25) is 4.79 Å². The lowest BCUT2D eigenvalue weighted by Gasteiger charge is -2.30. The number of amides is 1. The standard InChI is InChI=1S/C20H27FN4O/c1-13-6-4-8-25(12-13)9-5-7-22-20(26)17-10-16(21)11-18-19(17)24-15(3)14(2)23-18/h10-11,13H,4-9,12H2,1-3H3,(H,22,26). The van der Waals surface area contributed by atoms with Crippen LogP contribution in [0.25, 0.3) is 11.0 Å². The number of carbonyl (C=O) groups is 1. The summed E-state index contributed by atoms with van der Waals surface area (Å²) < 4.78 is 13.9. The molecule has 1 unspecified atom stereocenters. The highest BCUT2D eigenvalue weighted by Crippen LogP contribution is 2.19. The predicted octanol–water partition coefficient (Wildman–Crippen LogP) is 3.24. The van der Waals surface area contributed by atoms with E-state index in [9.17, 15) is 9.18 Å². The molecule has 3 rings (SSSR count). The molecule has 1 aliphatic heterocycles. The van der Waals surface area contributed by atoms with Crippen molar-refractivity contribution in [1.29, 1.82) is 0 Å². The van der Waals surface area contributed by atoms with E-state index in [0.29, 0.717) is 17.6 Å². The van der Waals surface area contributed by atoms with E-state index in [1.165, 1.54) is 25.0 Å². The van der Waals surface area contributed by atoms with Crippen molar-refractivity contribution >= 4 is 16.9 Å². The maximum absolute atomic E-state index is 13.9. The van der Waals surface area contributed by atoms with Gasteiger partial charge in [-0.15, -0.1) is 0 Å². The van der Waals surface area contributed by atoms with Crippen LogP contribution < -0.4 is 5.32 Å². The molecule has 1 aliphatic rings. The summed E-state index contributed by atoms with van der Waals surface area (Å²) in [6.45, 7) is 9.78. The van der Waals surface area contributed by atoms with E-state index >= 15 is 0 Å². The molecule has 1 aromatic heterocycles. The summed E-state index contributed by atoms with van der Waals surface area (Å²) in [5.74, 6) is -0.0103. The first kappa shape index (κ1) is 18.7. The summed E-state index contributed by atoms with van der Waals surface area (Å²) in [7, 11) is 0. The predicted molar refractivity (Wildman–Crippen MR) is 101 cm³/mol. The fourth-order valence-corrected chi connectivity index (χ4v) is 3.56. The molecule has 1 fully saturated rings. The second kappa shape index (κ2) is 8.08. The van der Waals surface area contributed by atoms with Crippen molar-refractivity contribution in [2.75, 3.05) is 26.2 Å². The minimum atomic E-state index is -0.470. The van der Waals surface area contributed by atoms with Crippen LogP contribution in [-0.4, -0.2) is 47.0 Å². The normalized spacial score (nSPS) is 18.2. The molecule has 0 spiro atoms. The van der Waals surface area contributed by atoms with Crippen molar-refractivity contribution in [3.05, 3.63) is 34.9 Å². The number of benzene rings is 1. The Bertz CT molecular complexity index is 808. The van der Waals surface area contributed by atoms with Crippen LogP contribution in [0.2, 0.25) is 0 Å². The van der Waals surface area contributed by atoms with Gasteiger partial charge in [-0.25, -0.2) is 14.4 Å². The van der Waals surface area contributed by atoms with E-state index in [0.717, 1.165) is 43.4 Å². The Morgan fingerprint density at radius 1 is 1.31 bits per heavy atom. The van der Waals surface area contributed by atoms with E-state index in [1.807, 2.05) is 13.8 Å². The first-order chi connectivity index (χ1) is 12.4. The van der Waals surface area contributed by atoms with Crippen LogP contribution in [0, 0.1) is 25.6 Å². The van der Waals surface area contributed by atoms with Gasteiger partial charge in [0, 0.05) is 19.2 Å². The highest BCUT2D eigenvalue weighted by Gasteiger charge is 2.17. The molecule has 2 heterocycles. The van der Waals surface area contributed by atoms with Gasteiger partial charge < -0.3 is 10.2 Å². The SMILES string of the molecule is Cc1nc2cc(F)cc(C(=O)NCCCN3CCCC(C)C3)c2nc1C. The second-order valence-electron chi connectivity index (χ2n) is 7.37. The van der Waals surface area contributed by atoms with Gasteiger partial charge in [-0.1, -0.05) is 6.92 Å². The molecule has 1 atom stereocenters. The smallest absolute Gasteiger partial charge is 0.253 e. The molecule has 0 saturated carbocycles. The second-order valence-corrected chi connectivity index (χ2v) is 7.37. The number of piperidine rings is 1. The number of halogens is 1. The Morgan fingerprint density at radius 3 is 2.85 bits per heavy atom. The molecule has 1 amide bonds. The molecular formula is C20H27FN4O. The van der Waals surface area contributed by atoms with E-state index in [4.69, 9.17) is 0 Å². The molecule has 1 aromatic carbocycles. The number of aryl methyl sites for hydroxylation is 2. The summed E-state index contributed by atoms with van der Waals surface area (Å²) in [6, 6.07) is 2.57. The van der Waals surface area contributed by atoms with E-state index in [1.54, 1.807) is 0 Å². The van der Waals surface area contributed by atoms with Crippen molar-refractivity contribution in [3.63, 3.8) is 0 Å². The van der Waals surface area contributed by atoms with Gasteiger partial charge in [-0.05, 0) is 58.2 Å². The monoisotopic (exact) mass is 358 g/mol. The number of nitrogens with zero attached hydrogens (tertiary/aromatic N) is 3. The topological polar surface area (TPSA) is 58.1 Å². The van der Waals surface area contributed by atoms with E-state index in [2.05, 4.69) is 27.1 Å². The lowest BCUT2D eigenvalue weighted by atomic mass is 10.0. The van der Waals surface area contributed by atoms with Gasteiger partial charge in [-0.2, -0.15) is 0 Å². The zero-order chi connectivity index (χ0) is 18.7. The Hall–Kier alpha value is -2.08. The maximum Gasteiger partial charge on any atom is 0.253 e. The summed E-state index contributed by atoms with van der Waals surface area (Å²) >= 11 is 0. The minimum Gasteiger partial charge on any atom is -0.352 e. The Kier molecular flexibility index (Phi) is 5.81. The average molecular weight is 358 g/mol. The Labute approximate surface area is 154 Å². The van der Waals surface area contributed by atoms with Crippen LogP contribution in [0.5, 0.6) is 0 Å².